The number of hydrogen-bond donors (Lipinski definition) is 0. The van der Waals surface area contributed by atoms with Crippen LogP contribution in [0.3, 0.4) is 0 Å². The van der Waals surface area contributed by atoms with Crippen LogP contribution >= 0.6 is 0 Å². The Balaban J connectivity index is 1.72. The van der Waals surface area contributed by atoms with E-state index in [4.69, 9.17) is 4.74 Å². The molecule has 2 heteroatoms. The van der Waals surface area contributed by atoms with E-state index in [9.17, 15) is 0 Å². The standard InChI is InChI=1S/C18H35NO/c1-5-16-6-8-17(9-7-16)13-19-11-10-18(12-15(19)4)20-14(2)3/h14-18H,5-13H2,1-4H3/t15-,16?,17?,18?/m1/s1. The maximum Gasteiger partial charge on any atom is 0.0605 e. The van der Waals surface area contributed by atoms with Crippen molar-refractivity contribution >= 4 is 0 Å². The van der Waals surface area contributed by atoms with E-state index >= 15 is 0 Å². The third kappa shape index (κ3) is 4.73. The molecule has 1 saturated carbocycles. The second-order valence-corrected chi connectivity index (χ2v) is 7.47. The molecule has 20 heavy (non-hydrogen) atoms. The molecule has 0 aromatic heterocycles. The van der Waals surface area contributed by atoms with Crippen LogP contribution in [0.15, 0.2) is 0 Å². The number of likely N-dealkylation sites (tertiary alicyclic amines) is 1. The van der Waals surface area contributed by atoms with Gasteiger partial charge in [0.25, 0.3) is 0 Å². The van der Waals surface area contributed by atoms with Gasteiger partial charge in [0.15, 0.2) is 0 Å². The fraction of sp³-hybridized carbons (Fsp3) is 1.00. The van der Waals surface area contributed by atoms with Crippen LogP contribution in [-0.4, -0.2) is 36.2 Å². The van der Waals surface area contributed by atoms with Gasteiger partial charge >= 0.3 is 0 Å². The predicted molar refractivity (Wildman–Crippen MR) is 86.0 cm³/mol. The fourth-order valence-electron chi connectivity index (χ4n) is 4.11. The van der Waals surface area contributed by atoms with Crippen LogP contribution < -0.4 is 0 Å². The highest BCUT2D eigenvalue weighted by atomic mass is 16.5. The molecular weight excluding hydrogens is 246 g/mol. The number of ether oxygens (including phenoxy) is 1. The summed E-state index contributed by atoms with van der Waals surface area (Å²) in [7, 11) is 0. The maximum absolute atomic E-state index is 6.00. The Bertz CT molecular complexity index is 271. The predicted octanol–water partition coefficient (Wildman–Crippen LogP) is 4.48. The van der Waals surface area contributed by atoms with Crippen molar-refractivity contribution in [1.29, 1.82) is 0 Å². The fourth-order valence-corrected chi connectivity index (χ4v) is 4.11. The average Bonchev–Trinajstić information content (AvgIpc) is 2.42. The molecule has 0 N–H and O–H groups in total. The molecule has 0 aromatic carbocycles. The summed E-state index contributed by atoms with van der Waals surface area (Å²) in [5.41, 5.74) is 0. The molecule has 0 spiro atoms. The second-order valence-electron chi connectivity index (χ2n) is 7.47. The van der Waals surface area contributed by atoms with Gasteiger partial charge in [0.1, 0.15) is 0 Å². The molecule has 2 aliphatic rings. The van der Waals surface area contributed by atoms with Crippen LogP contribution in [0.2, 0.25) is 0 Å². The minimum atomic E-state index is 0.378. The average molecular weight is 281 g/mol. The molecule has 118 valence electrons. The lowest BCUT2D eigenvalue weighted by Gasteiger charge is -2.41. The number of piperidine rings is 1. The Morgan fingerprint density at radius 2 is 1.70 bits per heavy atom. The van der Waals surface area contributed by atoms with Crippen molar-refractivity contribution in [2.75, 3.05) is 13.1 Å². The van der Waals surface area contributed by atoms with Gasteiger partial charge in [-0.3, -0.25) is 0 Å². The highest BCUT2D eigenvalue weighted by Crippen LogP contribution is 2.32. The Labute approximate surface area is 126 Å². The van der Waals surface area contributed by atoms with Crippen molar-refractivity contribution in [2.45, 2.75) is 90.9 Å². The third-order valence-corrected chi connectivity index (χ3v) is 5.47. The Morgan fingerprint density at radius 1 is 1.05 bits per heavy atom. The van der Waals surface area contributed by atoms with Crippen molar-refractivity contribution in [3.05, 3.63) is 0 Å². The van der Waals surface area contributed by atoms with Gasteiger partial charge in [0, 0.05) is 19.1 Å². The van der Waals surface area contributed by atoms with Gasteiger partial charge in [-0.2, -0.15) is 0 Å². The van der Waals surface area contributed by atoms with E-state index < -0.39 is 0 Å². The molecule has 1 heterocycles. The highest BCUT2D eigenvalue weighted by Gasteiger charge is 2.29. The van der Waals surface area contributed by atoms with Crippen molar-refractivity contribution in [3.8, 4) is 0 Å². The van der Waals surface area contributed by atoms with Crippen molar-refractivity contribution in [2.24, 2.45) is 11.8 Å². The first-order valence-corrected chi connectivity index (χ1v) is 8.98. The van der Waals surface area contributed by atoms with Crippen LogP contribution in [0, 0.1) is 11.8 Å². The highest BCUT2D eigenvalue weighted by molar-refractivity contribution is 4.83. The Morgan fingerprint density at radius 3 is 2.25 bits per heavy atom. The number of hydrogen-bond acceptors (Lipinski definition) is 2. The van der Waals surface area contributed by atoms with Crippen molar-refractivity contribution < 1.29 is 4.74 Å². The molecule has 2 atom stereocenters. The van der Waals surface area contributed by atoms with E-state index in [-0.39, 0.29) is 0 Å². The first-order chi connectivity index (χ1) is 9.58. The largest absolute Gasteiger partial charge is 0.375 e. The van der Waals surface area contributed by atoms with Crippen LogP contribution in [0.5, 0.6) is 0 Å². The third-order valence-electron chi connectivity index (χ3n) is 5.47. The summed E-state index contributed by atoms with van der Waals surface area (Å²) in [4.78, 5) is 2.73. The minimum absolute atomic E-state index is 0.378. The molecule has 0 aromatic rings. The zero-order valence-corrected chi connectivity index (χ0v) is 14.1. The lowest BCUT2D eigenvalue weighted by molar-refractivity contribution is -0.0451. The summed E-state index contributed by atoms with van der Waals surface area (Å²) < 4.78 is 6.00. The first kappa shape index (κ1) is 16.3. The van der Waals surface area contributed by atoms with Gasteiger partial charge in [-0.15, -0.1) is 0 Å². The first-order valence-electron chi connectivity index (χ1n) is 8.98. The minimum Gasteiger partial charge on any atom is -0.375 e. The van der Waals surface area contributed by atoms with Gasteiger partial charge < -0.3 is 9.64 Å². The van der Waals surface area contributed by atoms with Crippen LogP contribution in [-0.2, 0) is 4.74 Å². The van der Waals surface area contributed by atoms with E-state index in [0.29, 0.717) is 18.2 Å². The van der Waals surface area contributed by atoms with Crippen molar-refractivity contribution in [1.82, 2.24) is 4.90 Å². The Hall–Kier alpha value is -0.0800. The molecular formula is C18H35NO. The summed E-state index contributed by atoms with van der Waals surface area (Å²) in [5, 5.41) is 0. The van der Waals surface area contributed by atoms with Gasteiger partial charge in [-0.25, -0.2) is 0 Å². The normalized spacial score (nSPS) is 36.5. The molecule has 2 nitrogen and oxygen atoms in total. The van der Waals surface area contributed by atoms with Crippen LogP contribution in [0.4, 0.5) is 0 Å². The SMILES string of the molecule is CCC1CCC(CN2CCC(OC(C)C)C[C@H]2C)CC1. The molecule has 1 aliphatic heterocycles. The summed E-state index contributed by atoms with van der Waals surface area (Å²) in [6.45, 7) is 11.6. The zero-order chi connectivity index (χ0) is 14.5. The van der Waals surface area contributed by atoms with E-state index in [0.717, 1.165) is 11.8 Å². The van der Waals surface area contributed by atoms with Crippen LogP contribution in [0.1, 0.15) is 72.6 Å². The number of nitrogens with zero attached hydrogens (tertiary/aromatic N) is 1. The summed E-state index contributed by atoms with van der Waals surface area (Å²) in [6.07, 6.45) is 10.6. The van der Waals surface area contributed by atoms with Gasteiger partial charge in [-0.05, 0) is 58.3 Å². The summed E-state index contributed by atoms with van der Waals surface area (Å²) in [6, 6.07) is 0.705. The second kappa shape index (κ2) is 7.79. The monoisotopic (exact) mass is 281 g/mol. The quantitative estimate of drug-likeness (QED) is 0.736. The summed E-state index contributed by atoms with van der Waals surface area (Å²) >= 11 is 0. The summed E-state index contributed by atoms with van der Waals surface area (Å²) in [5.74, 6) is 1.98. The van der Waals surface area contributed by atoms with E-state index in [1.54, 1.807) is 0 Å². The maximum atomic E-state index is 6.00. The van der Waals surface area contributed by atoms with Gasteiger partial charge in [0.2, 0.25) is 0 Å². The Kier molecular flexibility index (Phi) is 6.35. The molecule has 0 bridgehead atoms. The van der Waals surface area contributed by atoms with Gasteiger partial charge in [0.05, 0.1) is 12.2 Å². The smallest absolute Gasteiger partial charge is 0.0605 e. The van der Waals surface area contributed by atoms with E-state index in [1.807, 2.05) is 0 Å². The van der Waals surface area contributed by atoms with E-state index in [1.165, 1.54) is 58.0 Å². The molecule has 2 fully saturated rings. The molecule has 2 rings (SSSR count). The number of rotatable bonds is 5. The van der Waals surface area contributed by atoms with Crippen LogP contribution in [0.25, 0.3) is 0 Å². The molecule has 0 radical (unpaired) electrons. The zero-order valence-electron chi connectivity index (χ0n) is 14.1. The van der Waals surface area contributed by atoms with E-state index in [2.05, 4.69) is 32.6 Å². The topological polar surface area (TPSA) is 12.5 Å². The molecule has 1 saturated heterocycles. The lowest BCUT2D eigenvalue weighted by atomic mass is 9.80. The molecule has 1 unspecified atom stereocenters. The molecule has 0 amide bonds. The van der Waals surface area contributed by atoms with Crippen molar-refractivity contribution in [3.63, 3.8) is 0 Å². The van der Waals surface area contributed by atoms with Gasteiger partial charge in [-0.1, -0.05) is 26.2 Å². The lowest BCUT2D eigenvalue weighted by Crippen LogP contribution is -2.46. The molecule has 1 aliphatic carbocycles.